The van der Waals surface area contributed by atoms with E-state index in [2.05, 4.69) is 26.1 Å². The van der Waals surface area contributed by atoms with Crippen molar-refractivity contribution >= 4 is 10.0 Å². The van der Waals surface area contributed by atoms with Crippen molar-refractivity contribution in [2.24, 2.45) is 10.6 Å². The molecule has 0 saturated heterocycles. The molecule has 1 aliphatic carbocycles. The number of benzene rings is 1. The van der Waals surface area contributed by atoms with E-state index in [-0.39, 0.29) is 10.9 Å². The van der Waals surface area contributed by atoms with Crippen molar-refractivity contribution < 1.29 is 8.42 Å². The zero-order valence-electron chi connectivity index (χ0n) is 12.4. The van der Waals surface area contributed by atoms with Gasteiger partial charge < -0.3 is 5.32 Å². The number of nitrogens with two attached hydrogens (primary N) is 1. The maximum Gasteiger partial charge on any atom is 0.238 e. The summed E-state index contributed by atoms with van der Waals surface area (Å²) in [4.78, 5) is 0.176. The zero-order chi connectivity index (χ0) is 15.0. The van der Waals surface area contributed by atoms with E-state index in [1.54, 1.807) is 12.1 Å². The molecule has 1 fully saturated rings. The van der Waals surface area contributed by atoms with Gasteiger partial charge in [0.15, 0.2) is 0 Å². The smallest absolute Gasteiger partial charge is 0.238 e. The van der Waals surface area contributed by atoms with E-state index in [4.69, 9.17) is 5.14 Å². The van der Waals surface area contributed by atoms with Gasteiger partial charge in [-0.2, -0.15) is 0 Å². The lowest BCUT2D eigenvalue weighted by molar-refractivity contribution is 0.356. The molecule has 112 valence electrons. The average Bonchev–Trinajstić information content (AvgIpc) is 2.68. The van der Waals surface area contributed by atoms with Crippen molar-refractivity contribution in [2.45, 2.75) is 57.0 Å². The minimum absolute atomic E-state index is 0.121. The van der Waals surface area contributed by atoms with Crippen molar-refractivity contribution in [2.75, 3.05) is 0 Å². The molecule has 1 aliphatic rings. The van der Waals surface area contributed by atoms with Crippen LogP contribution < -0.4 is 10.5 Å². The predicted molar refractivity (Wildman–Crippen MR) is 80.8 cm³/mol. The number of primary sulfonamides is 1. The molecule has 5 heteroatoms. The summed E-state index contributed by atoms with van der Waals surface area (Å²) in [5.74, 6) is 0. The Labute approximate surface area is 121 Å². The van der Waals surface area contributed by atoms with E-state index in [0.29, 0.717) is 11.5 Å². The van der Waals surface area contributed by atoms with Crippen LogP contribution in [0.15, 0.2) is 29.2 Å². The van der Waals surface area contributed by atoms with Crippen LogP contribution in [0.1, 0.15) is 51.6 Å². The lowest BCUT2D eigenvalue weighted by Crippen LogP contribution is -2.30. The van der Waals surface area contributed by atoms with Gasteiger partial charge in [0, 0.05) is 12.1 Å². The molecule has 4 nitrogen and oxygen atoms in total. The Morgan fingerprint density at radius 3 is 2.65 bits per heavy atom. The van der Waals surface area contributed by atoms with E-state index in [1.165, 1.54) is 18.9 Å². The molecule has 0 aromatic heterocycles. The van der Waals surface area contributed by atoms with Gasteiger partial charge in [-0.1, -0.05) is 26.0 Å². The van der Waals surface area contributed by atoms with Crippen molar-refractivity contribution in [3.63, 3.8) is 0 Å². The Morgan fingerprint density at radius 1 is 1.40 bits per heavy atom. The van der Waals surface area contributed by atoms with Crippen LogP contribution in [0.3, 0.4) is 0 Å². The summed E-state index contributed by atoms with van der Waals surface area (Å²) < 4.78 is 22.8. The molecule has 1 aromatic carbocycles. The van der Waals surface area contributed by atoms with Gasteiger partial charge in [0.25, 0.3) is 0 Å². The van der Waals surface area contributed by atoms with Gasteiger partial charge in [-0.15, -0.1) is 0 Å². The SMILES string of the molecule is CC(NC1CCC(C)(C)C1)c1cccc(S(N)(=O)=O)c1. The fourth-order valence-electron chi connectivity index (χ4n) is 2.99. The van der Waals surface area contributed by atoms with Gasteiger partial charge in [-0.05, 0) is 49.3 Å². The largest absolute Gasteiger partial charge is 0.307 e. The molecular weight excluding hydrogens is 272 g/mol. The summed E-state index contributed by atoms with van der Waals surface area (Å²) in [5.41, 5.74) is 1.36. The zero-order valence-corrected chi connectivity index (χ0v) is 13.2. The molecule has 0 bridgehead atoms. The lowest BCUT2D eigenvalue weighted by Gasteiger charge is -2.22. The molecule has 1 saturated carbocycles. The van der Waals surface area contributed by atoms with Gasteiger partial charge >= 0.3 is 0 Å². The van der Waals surface area contributed by atoms with Gasteiger partial charge in [0.2, 0.25) is 10.0 Å². The summed E-state index contributed by atoms with van der Waals surface area (Å²) in [6.07, 6.45) is 3.56. The van der Waals surface area contributed by atoms with Crippen LogP contribution in [0.5, 0.6) is 0 Å². The Kier molecular flexibility index (Phi) is 4.23. The van der Waals surface area contributed by atoms with Crippen LogP contribution in [-0.2, 0) is 10.0 Å². The monoisotopic (exact) mass is 296 g/mol. The summed E-state index contributed by atoms with van der Waals surface area (Å²) >= 11 is 0. The number of sulfonamides is 1. The van der Waals surface area contributed by atoms with Crippen molar-refractivity contribution in [3.05, 3.63) is 29.8 Å². The molecule has 2 rings (SSSR count). The number of hydrogen-bond donors (Lipinski definition) is 2. The highest BCUT2D eigenvalue weighted by Gasteiger charge is 2.31. The van der Waals surface area contributed by atoms with Gasteiger partial charge in [-0.25, -0.2) is 13.6 Å². The quantitative estimate of drug-likeness (QED) is 0.897. The molecule has 0 radical (unpaired) electrons. The standard InChI is InChI=1S/C15H24N2O2S/c1-11(17-13-7-8-15(2,3)10-13)12-5-4-6-14(9-12)20(16,18)19/h4-6,9,11,13,17H,7-8,10H2,1-3H3,(H2,16,18,19). The second kappa shape index (κ2) is 5.47. The second-order valence-electron chi connectivity index (χ2n) is 6.61. The summed E-state index contributed by atoms with van der Waals surface area (Å²) in [6.45, 7) is 6.65. The third-order valence-electron chi connectivity index (χ3n) is 4.14. The van der Waals surface area contributed by atoms with Crippen LogP contribution in [0.2, 0.25) is 0 Å². The van der Waals surface area contributed by atoms with Crippen molar-refractivity contribution in [1.29, 1.82) is 0 Å². The maximum atomic E-state index is 11.4. The first-order chi connectivity index (χ1) is 9.17. The molecule has 0 spiro atoms. The van der Waals surface area contributed by atoms with Crippen LogP contribution in [0.25, 0.3) is 0 Å². The van der Waals surface area contributed by atoms with Gasteiger partial charge in [0.1, 0.15) is 0 Å². The molecule has 0 heterocycles. The lowest BCUT2D eigenvalue weighted by atomic mass is 9.91. The Morgan fingerprint density at radius 2 is 2.10 bits per heavy atom. The second-order valence-corrected chi connectivity index (χ2v) is 8.17. The third kappa shape index (κ3) is 3.81. The van der Waals surface area contributed by atoms with E-state index < -0.39 is 10.0 Å². The topological polar surface area (TPSA) is 72.2 Å². The molecule has 20 heavy (non-hydrogen) atoms. The van der Waals surface area contributed by atoms with Gasteiger partial charge in [0.05, 0.1) is 4.90 Å². The minimum Gasteiger partial charge on any atom is -0.307 e. The first-order valence-electron chi connectivity index (χ1n) is 7.06. The summed E-state index contributed by atoms with van der Waals surface area (Å²) in [6, 6.07) is 7.49. The highest BCUT2D eigenvalue weighted by molar-refractivity contribution is 7.89. The highest BCUT2D eigenvalue weighted by atomic mass is 32.2. The first kappa shape index (κ1) is 15.5. The summed E-state index contributed by atoms with van der Waals surface area (Å²) in [7, 11) is -3.63. The minimum atomic E-state index is -3.63. The number of hydrogen-bond acceptors (Lipinski definition) is 3. The normalized spacial score (nSPS) is 23.7. The molecule has 2 unspecified atom stereocenters. The Balaban J connectivity index is 2.08. The Bertz CT molecular complexity index is 581. The van der Waals surface area contributed by atoms with E-state index in [9.17, 15) is 8.42 Å². The molecule has 0 amide bonds. The third-order valence-corrected chi connectivity index (χ3v) is 5.05. The molecule has 0 aliphatic heterocycles. The fraction of sp³-hybridized carbons (Fsp3) is 0.600. The van der Waals surface area contributed by atoms with Crippen LogP contribution in [0.4, 0.5) is 0 Å². The molecule has 3 N–H and O–H groups in total. The average molecular weight is 296 g/mol. The summed E-state index contributed by atoms with van der Waals surface area (Å²) in [5, 5.41) is 8.77. The van der Waals surface area contributed by atoms with Crippen molar-refractivity contribution in [3.8, 4) is 0 Å². The van der Waals surface area contributed by atoms with Crippen molar-refractivity contribution in [1.82, 2.24) is 5.32 Å². The Hall–Kier alpha value is -0.910. The molecule has 2 atom stereocenters. The molecule has 1 aromatic rings. The first-order valence-corrected chi connectivity index (χ1v) is 8.61. The van der Waals surface area contributed by atoms with E-state index in [0.717, 1.165) is 12.0 Å². The fourth-order valence-corrected chi connectivity index (χ4v) is 3.56. The predicted octanol–water partition coefficient (Wildman–Crippen LogP) is 2.56. The van der Waals surface area contributed by atoms with Gasteiger partial charge in [-0.3, -0.25) is 0 Å². The van der Waals surface area contributed by atoms with E-state index in [1.807, 2.05) is 6.07 Å². The van der Waals surface area contributed by atoms with Crippen LogP contribution >= 0.6 is 0 Å². The number of nitrogens with one attached hydrogen (secondary N) is 1. The van der Waals surface area contributed by atoms with Crippen LogP contribution in [-0.4, -0.2) is 14.5 Å². The molecular formula is C15H24N2O2S. The maximum absolute atomic E-state index is 11.4. The highest BCUT2D eigenvalue weighted by Crippen LogP contribution is 2.37. The number of rotatable bonds is 4. The van der Waals surface area contributed by atoms with Crippen LogP contribution in [0, 0.1) is 5.41 Å². The van der Waals surface area contributed by atoms with E-state index >= 15 is 0 Å².